The van der Waals surface area contributed by atoms with Crippen LogP contribution in [0.3, 0.4) is 0 Å². The second-order valence-corrected chi connectivity index (χ2v) is 9.34. The van der Waals surface area contributed by atoms with Crippen LogP contribution < -0.4 is 4.74 Å². The number of nitrogens with zero attached hydrogens (tertiary/aromatic N) is 8. The lowest BCUT2D eigenvalue weighted by atomic mass is 10.1. The molecule has 1 aliphatic carbocycles. The van der Waals surface area contributed by atoms with E-state index in [2.05, 4.69) is 25.0 Å². The molecule has 0 saturated heterocycles. The van der Waals surface area contributed by atoms with Crippen LogP contribution >= 0.6 is 0 Å². The predicted octanol–water partition coefficient (Wildman–Crippen LogP) is 5.20. The molecule has 4 aromatic heterocycles. The van der Waals surface area contributed by atoms with Crippen molar-refractivity contribution < 1.29 is 17.9 Å². The number of fused-ring (bicyclic) bond motifs is 1. The Labute approximate surface area is 215 Å². The van der Waals surface area contributed by atoms with Crippen LogP contribution in [0.5, 0.6) is 5.88 Å². The highest BCUT2D eigenvalue weighted by atomic mass is 19.4. The van der Waals surface area contributed by atoms with E-state index in [1.807, 2.05) is 19.1 Å². The van der Waals surface area contributed by atoms with Gasteiger partial charge >= 0.3 is 6.18 Å². The van der Waals surface area contributed by atoms with Gasteiger partial charge in [-0.2, -0.15) is 18.3 Å². The second-order valence-electron chi connectivity index (χ2n) is 9.34. The fraction of sp³-hybridized carbons (Fsp3) is 0.308. The molecule has 1 aliphatic rings. The van der Waals surface area contributed by atoms with Crippen molar-refractivity contribution in [3.63, 3.8) is 0 Å². The Bertz CT molecular complexity index is 1640. The second kappa shape index (κ2) is 8.89. The van der Waals surface area contributed by atoms with Crippen molar-refractivity contribution in [3.8, 4) is 28.7 Å². The molecule has 0 unspecified atom stereocenters. The van der Waals surface area contributed by atoms with Crippen LogP contribution in [0.1, 0.15) is 48.7 Å². The van der Waals surface area contributed by atoms with Gasteiger partial charge in [0.05, 0.1) is 30.4 Å². The number of imidazole rings is 1. The molecule has 0 N–H and O–H groups in total. The van der Waals surface area contributed by atoms with Crippen molar-refractivity contribution in [3.05, 3.63) is 66.1 Å². The number of rotatable bonds is 6. The van der Waals surface area contributed by atoms with Crippen molar-refractivity contribution in [2.75, 3.05) is 7.11 Å². The maximum Gasteiger partial charge on any atom is 0.434 e. The topological polar surface area (TPSA) is 96.4 Å². The number of alkyl halides is 3. The molecule has 12 heteroatoms. The summed E-state index contributed by atoms with van der Waals surface area (Å²) in [5.41, 5.74) is 2.78. The summed E-state index contributed by atoms with van der Waals surface area (Å²) < 4.78 is 47.9. The minimum Gasteiger partial charge on any atom is -0.480 e. The monoisotopic (exact) mass is 520 g/mol. The maximum atomic E-state index is 13.1. The first kappa shape index (κ1) is 24.0. The number of hydrogen-bond acceptors (Lipinski definition) is 7. The molecule has 1 saturated carbocycles. The van der Waals surface area contributed by atoms with Crippen molar-refractivity contribution >= 4 is 11.0 Å². The van der Waals surface area contributed by atoms with E-state index in [9.17, 15) is 13.2 Å². The van der Waals surface area contributed by atoms with Gasteiger partial charge in [-0.05, 0) is 25.3 Å². The van der Waals surface area contributed by atoms with Gasteiger partial charge < -0.3 is 9.30 Å². The molecule has 0 bridgehead atoms. The van der Waals surface area contributed by atoms with E-state index in [-0.39, 0.29) is 11.9 Å². The molecular weight excluding hydrogens is 497 g/mol. The maximum absolute atomic E-state index is 13.1. The number of benzene rings is 1. The van der Waals surface area contributed by atoms with Gasteiger partial charge in [0, 0.05) is 30.9 Å². The first-order chi connectivity index (χ1) is 18.2. The first-order valence-electron chi connectivity index (χ1n) is 12.0. The Balaban J connectivity index is 1.35. The van der Waals surface area contributed by atoms with Crippen molar-refractivity contribution in [1.82, 2.24) is 39.3 Å². The molecule has 6 rings (SSSR count). The summed E-state index contributed by atoms with van der Waals surface area (Å²) >= 11 is 0. The SMILES string of the molecule is COc1ncnc(C2CC2)c1-c1ncc2cnn([C@H](C)c3ccc(-c4nc(C(F)(F)F)cn4C)cc3)c2n1. The van der Waals surface area contributed by atoms with Gasteiger partial charge in [0.15, 0.2) is 17.2 Å². The van der Waals surface area contributed by atoms with Crippen molar-refractivity contribution in [2.45, 2.75) is 37.9 Å². The highest BCUT2D eigenvalue weighted by molar-refractivity contribution is 5.77. The van der Waals surface area contributed by atoms with E-state index < -0.39 is 11.9 Å². The fourth-order valence-corrected chi connectivity index (χ4v) is 4.58. The molecule has 9 nitrogen and oxygen atoms in total. The smallest absolute Gasteiger partial charge is 0.434 e. The van der Waals surface area contributed by atoms with Gasteiger partial charge in [-0.3, -0.25) is 0 Å². The normalized spacial score (nSPS) is 14.7. The molecule has 194 valence electrons. The molecule has 5 aromatic rings. The highest BCUT2D eigenvalue weighted by Gasteiger charge is 2.35. The van der Waals surface area contributed by atoms with E-state index in [0.717, 1.165) is 35.7 Å². The first-order valence-corrected chi connectivity index (χ1v) is 12.0. The van der Waals surface area contributed by atoms with Crippen LogP contribution in [-0.2, 0) is 13.2 Å². The Morgan fingerprint density at radius 2 is 1.79 bits per heavy atom. The minimum absolute atomic E-state index is 0.215. The molecule has 0 amide bonds. The van der Waals surface area contributed by atoms with Crippen LogP contribution in [0.25, 0.3) is 33.8 Å². The zero-order valence-corrected chi connectivity index (χ0v) is 20.8. The molecule has 0 spiro atoms. The van der Waals surface area contributed by atoms with Crippen LogP contribution in [0.4, 0.5) is 13.2 Å². The lowest BCUT2D eigenvalue weighted by Crippen LogP contribution is -2.10. The van der Waals surface area contributed by atoms with Crippen LogP contribution in [-0.4, -0.2) is 46.4 Å². The molecule has 1 aromatic carbocycles. The van der Waals surface area contributed by atoms with E-state index in [1.165, 1.54) is 10.9 Å². The zero-order valence-electron chi connectivity index (χ0n) is 20.8. The third kappa shape index (κ3) is 4.15. The summed E-state index contributed by atoms with van der Waals surface area (Å²) in [6, 6.07) is 7.02. The van der Waals surface area contributed by atoms with Crippen LogP contribution in [0.2, 0.25) is 0 Å². The third-order valence-corrected chi connectivity index (χ3v) is 6.74. The number of halogens is 3. The largest absolute Gasteiger partial charge is 0.480 e. The lowest BCUT2D eigenvalue weighted by molar-refractivity contribution is -0.140. The Morgan fingerprint density at radius 3 is 2.45 bits per heavy atom. The van der Waals surface area contributed by atoms with Gasteiger partial charge in [-0.1, -0.05) is 24.3 Å². The number of methoxy groups -OCH3 is 1. The quantitative estimate of drug-likeness (QED) is 0.304. The molecule has 1 fully saturated rings. The minimum atomic E-state index is -4.50. The average Bonchev–Trinajstić information content (AvgIpc) is 3.55. The van der Waals surface area contributed by atoms with Gasteiger partial charge in [-0.15, -0.1) is 0 Å². The molecule has 0 aliphatic heterocycles. The van der Waals surface area contributed by atoms with E-state index >= 15 is 0 Å². The number of aryl methyl sites for hydroxylation is 1. The Hall–Kier alpha value is -4.35. The Morgan fingerprint density at radius 1 is 1.03 bits per heavy atom. The summed E-state index contributed by atoms with van der Waals surface area (Å²) in [4.78, 5) is 21.9. The third-order valence-electron chi connectivity index (χ3n) is 6.74. The number of aromatic nitrogens is 8. The van der Waals surface area contributed by atoms with Crippen molar-refractivity contribution in [1.29, 1.82) is 0 Å². The fourth-order valence-electron chi connectivity index (χ4n) is 4.58. The molecule has 1 atom stereocenters. The highest BCUT2D eigenvalue weighted by Crippen LogP contribution is 2.45. The summed E-state index contributed by atoms with van der Waals surface area (Å²) in [6.07, 6.45) is 3.52. The van der Waals surface area contributed by atoms with Crippen molar-refractivity contribution in [2.24, 2.45) is 7.05 Å². The van der Waals surface area contributed by atoms with E-state index in [0.29, 0.717) is 34.4 Å². The zero-order chi connectivity index (χ0) is 26.6. The molecule has 38 heavy (non-hydrogen) atoms. The van der Waals surface area contributed by atoms with Gasteiger partial charge in [0.2, 0.25) is 5.88 Å². The van der Waals surface area contributed by atoms with E-state index in [4.69, 9.17) is 9.72 Å². The van der Waals surface area contributed by atoms with Crippen LogP contribution in [0, 0.1) is 0 Å². The summed E-state index contributed by atoms with van der Waals surface area (Å²) in [5.74, 6) is 1.48. The summed E-state index contributed by atoms with van der Waals surface area (Å²) in [7, 11) is 3.11. The van der Waals surface area contributed by atoms with Gasteiger partial charge in [0.25, 0.3) is 0 Å². The number of ether oxygens (including phenoxy) is 1. The van der Waals surface area contributed by atoms with Crippen LogP contribution in [0.15, 0.2) is 49.2 Å². The van der Waals surface area contributed by atoms with E-state index in [1.54, 1.807) is 43.4 Å². The lowest BCUT2D eigenvalue weighted by Gasteiger charge is -2.15. The van der Waals surface area contributed by atoms with Gasteiger partial charge in [-0.25, -0.2) is 29.6 Å². The summed E-state index contributed by atoms with van der Waals surface area (Å²) in [5, 5.41) is 5.33. The predicted molar refractivity (Wildman–Crippen MR) is 132 cm³/mol. The molecular formula is C26H23F3N8O. The number of hydrogen-bond donors (Lipinski definition) is 0. The molecule has 4 heterocycles. The van der Waals surface area contributed by atoms with Gasteiger partial charge in [0.1, 0.15) is 17.7 Å². The summed E-state index contributed by atoms with van der Waals surface area (Å²) in [6.45, 7) is 1.98. The molecule has 0 radical (unpaired) electrons. The Kier molecular flexibility index (Phi) is 5.62. The standard InChI is InChI=1S/C26H23F3N8O/c1-14(15-4-8-17(9-5-15)23-34-19(12-36(23)2)26(27,28)29)37-24-18(11-33-37)10-30-22(35-24)20-21(16-6-7-16)31-13-32-25(20)38-3/h4-5,8-14,16H,6-7H2,1-3H3/t14-/m1/s1. The average molecular weight is 521 g/mol.